The molecule has 0 amide bonds. The first-order valence-corrected chi connectivity index (χ1v) is 17.3. The van der Waals surface area contributed by atoms with Crippen molar-refractivity contribution in [2.24, 2.45) is 0 Å². The Morgan fingerprint density at radius 1 is 0.353 bits per heavy atom. The number of fused-ring (bicyclic) bond motifs is 6. The quantitative estimate of drug-likeness (QED) is 0.179. The molecule has 10 rings (SSSR count). The fourth-order valence-electron chi connectivity index (χ4n) is 7.77. The van der Waals surface area contributed by atoms with E-state index in [2.05, 4.69) is 201 Å². The summed E-state index contributed by atoms with van der Waals surface area (Å²) in [6.07, 6.45) is 3.68. The molecule has 0 aliphatic heterocycles. The maximum atomic E-state index is 4.19. The van der Waals surface area contributed by atoms with Crippen molar-refractivity contribution in [2.75, 3.05) is 4.90 Å². The van der Waals surface area contributed by atoms with E-state index >= 15 is 0 Å². The first-order valence-electron chi connectivity index (χ1n) is 17.3. The Kier molecular flexibility index (Phi) is 6.78. The van der Waals surface area contributed by atoms with Crippen LogP contribution in [0.4, 0.5) is 17.1 Å². The van der Waals surface area contributed by atoms with Gasteiger partial charge in [0.25, 0.3) is 0 Å². The zero-order chi connectivity index (χ0) is 33.7. The van der Waals surface area contributed by atoms with Crippen LogP contribution in [0.5, 0.6) is 0 Å². The van der Waals surface area contributed by atoms with E-state index in [-0.39, 0.29) is 0 Å². The Morgan fingerprint density at radius 2 is 0.824 bits per heavy atom. The minimum absolute atomic E-state index is 1.09. The summed E-state index contributed by atoms with van der Waals surface area (Å²) in [6.45, 7) is 0. The number of nitrogens with zero attached hydrogens (tertiary/aromatic N) is 4. The molecule has 0 radical (unpaired) electrons. The van der Waals surface area contributed by atoms with Gasteiger partial charge in [-0.25, -0.2) is 0 Å². The summed E-state index contributed by atoms with van der Waals surface area (Å²) in [5.41, 5.74) is 12.7. The average molecular weight is 653 g/mol. The van der Waals surface area contributed by atoms with Crippen LogP contribution in [-0.2, 0) is 0 Å². The van der Waals surface area contributed by atoms with Gasteiger partial charge in [0.1, 0.15) is 0 Å². The summed E-state index contributed by atoms with van der Waals surface area (Å²) >= 11 is 0. The molecule has 0 aliphatic carbocycles. The Bertz CT molecular complexity index is 2780. The molecule has 3 heterocycles. The first kappa shape index (κ1) is 29.0. The van der Waals surface area contributed by atoms with Crippen LogP contribution < -0.4 is 4.90 Å². The maximum Gasteiger partial charge on any atom is 0.0562 e. The van der Waals surface area contributed by atoms with E-state index in [4.69, 9.17) is 0 Å². The van der Waals surface area contributed by atoms with Crippen molar-refractivity contribution in [1.82, 2.24) is 14.1 Å². The van der Waals surface area contributed by atoms with Crippen molar-refractivity contribution in [3.8, 4) is 22.5 Å². The number of para-hydroxylation sites is 4. The summed E-state index contributed by atoms with van der Waals surface area (Å²) in [4.78, 5) is 6.58. The van der Waals surface area contributed by atoms with E-state index in [1.165, 1.54) is 43.7 Å². The second-order valence-electron chi connectivity index (χ2n) is 12.9. The van der Waals surface area contributed by atoms with Gasteiger partial charge in [-0.1, -0.05) is 91.0 Å². The maximum absolute atomic E-state index is 4.19. The predicted molar refractivity (Wildman–Crippen MR) is 213 cm³/mol. The van der Waals surface area contributed by atoms with E-state index < -0.39 is 0 Å². The van der Waals surface area contributed by atoms with Gasteiger partial charge in [-0.05, 0) is 102 Å². The fourth-order valence-corrected chi connectivity index (χ4v) is 7.77. The molecule has 0 saturated carbocycles. The van der Waals surface area contributed by atoms with Gasteiger partial charge in [0.2, 0.25) is 0 Å². The normalized spacial score (nSPS) is 11.5. The Morgan fingerprint density at radius 3 is 1.47 bits per heavy atom. The highest BCUT2D eigenvalue weighted by molar-refractivity contribution is 6.16. The highest BCUT2D eigenvalue weighted by Gasteiger charge is 2.21. The summed E-state index contributed by atoms with van der Waals surface area (Å²) in [5, 5.41) is 4.95. The van der Waals surface area contributed by atoms with Gasteiger partial charge in [-0.3, -0.25) is 4.98 Å². The Labute approximate surface area is 295 Å². The minimum Gasteiger partial charge on any atom is -0.310 e. The van der Waals surface area contributed by atoms with Gasteiger partial charge in [-0.15, -0.1) is 0 Å². The summed E-state index contributed by atoms with van der Waals surface area (Å²) < 4.78 is 4.76. The lowest BCUT2D eigenvalue weighted by molar-refractivity contribution is 1.17. The molecule has 3 aromatic heterocycles. The zero-order valence-corrected chi connectivity index (χ0v) is 27.8. The molecule has 0 N–H and O–H groups in total. The zero-order valence-electron chi connectivity index (χ0n) is 27.8. The van der Waals surface area contributed by atoms with Crippen LogP contribution in [0.25, 0.3) is 66.1 Å². The SMILES string of the molecule is c1ccc(N(c2ccc(-n3c4ccccc4c4ccccc43)cc2)c2cccc3c2c2ccccc2n3-c2ccc(-c3ccncc3)cc2)cc1. The van der Waals surface area contributed by atoms with Crippen LogP contribution in [0.1, 0.15) is 0 Å². The molecule has 4 heteroatoms. The van der Waals surface area contributed by atoms with Crippen molar-refractivity contribution in [3.63, 3.8) is 0 Å². The van der Waals surface area contributed by atoms with Crippen LogP contribution >= 0.6 is 0 Å². The number of benzene rings is 7. The van der Waals surface area contributed by atoms with Crippen LogP contribution in [0.2, 0.25) is 0 Å². The Balaban J connectivity index is 1.15. The average Bonchev–Trinajstić information content (AvgIpc) is 3.73. The largest absolute Gasteiger partial charge is 0.310 e. The van der Waals surface area contributed by atoms with Gasteiger partial charge in [0.05, 0.1) is 27.8 Å². The third-order valence-corrected chi connectivity index (χ3v) is 10.0. The number of hydrogen-bond donors (Lipinski definition) is 0. The number of anilines is 3. The summed E-state index contributed by atoms with van der Waals surface area (Å²) in [5.74, 6) is 0. The molecule has 0 atom stereocenters. The van der Waals surface area contributed by atoms with Crippen molar-refractivity contribution in [1.29, 1.82) is 0 Å². The van der Waals surface area contributed by atoms with Crippen molar-refractivity contribution < 1.29 is 0 Å². The second-order valence-corrected chi connectivity index (χ2v) is 12.9. The number of aromatic nitrogens is 3. The lowest BCUT2D eigenvalue weighted by atomic mass is 10.1. The smallest absolute Gasteiger partial charge is 0.0562 e. The summed E-state index contributed by atoms with van der Waals surface area (Å²) in [6, 6.07) is 65.4. The van der Waals surface area contributed by atoms with Crippen LogP contribution in [-0.4, -0.2) is 14.1 Å². The van der Waals surface area contributed by atoms with E-state index in [0.29, 0.717) is 0 Å². The molecule has 240 valence electrons. The molecule has 0 bridgehead atoms. The molecule has 0 saturated heterocycles. The number of rotatable bonds is 6. The van der Waals surface area contributed by atoms with Gasteiger partial charge in [-0.2, -0.15) is 0 Å². The van der Waals surface area contributed by atoms with Crippen LogP contribution in [0.15, 0.2) is 194 Å². The number of pyridine rings is 1. The van der Waals surface area contributed by atoms with Gasteiger partial charge in [0.15, 0.2) is 0 Å². The molecule has 4 nitrogen and oxygen atoms in total. The van der Waals surface area contributed by atoms with Gasteiger partial charge in [0, 0.05) is 56.7 Å². The predicted octanol–water partition coefficient (Wildman–Crippen LogP) is 12.4. The van der Waals surface area contributed by atoms with Crippen molar-refractivity contribution in [2.45, 2.75) is 0 Å². The van der Waals surface area contributed by atoms with E-state index in [1.54, 1.807) is 0 Å². The summed E-state index contributed by atoms with van der Waals surface area (Å²) in [7, 11) is 0. The molecule has 10 aromatic rings. The topological polar surface area (TPSA) is 26.0 Å². The molecule has 7 aromatic carbocycles. The van der Waals surface area contributed by atoms with Gasteiger partial charge < -0.3 is 14.0 Å². The fraction of sp³-hybridized carbons (Fsp3) is 0. The molecule has 0 fully saturated rings. The van der Waals surface area contributed by atoms with Crippen LogP contribution in [0.3, 0.4) is 0 Å². The van der Waals surface area contributed by atoms with Crippen molar-refractivity contribution >= 4 is 60.7 Å². The third-order valence-electron chi connectivity index (χ3n) is 10.0. The molecular formula is C47H32N4. The Hall–Kier alpha value is -6.91. The lowest BCUT2D eigenvalue weighted by Crippen LogP contribution is -2.10. The molecule has 0 unspecified atom stereocenters. The standard InChI is InChI=1S/C47H32N4/c1-2-11-35(12-3-1)49(36-25-27-38(28-26-36)50-42-16-7-4-13-39(42)40-14-5-8-17-43(40)50)45-19-10-20-46-47(45)41-15-6-9-18-44(41)51(46)37-23-21-33(22-24-37)34-29-31-48-32-30-34/h1-32H. The highest BCUT2D eigenvalue weighted by Crippen LogP contribution is 2.44. The molecule has 0 aliphatic rings. The molecule has 0 spiro atoms. The molecule has 51 heavy (non-hydrogen) atoms. The van der Waals surface area contributed by atoms with E-state index in [1.807, 2.05) is 12.4 Å². The lowest BCUT2D eigenvalue weighted by Gasteiger charge is -2.27. The van der Waals surface area contributed by atoms with Gasteiger partial charge >= 0.3 is 0 Å². The minimum atomic E-state index is 1.09. The monoisotopic (exact) mass is 652 g/mol. The second kappa shape index (κ2) is 11.9. The molecular weight excluding hydrogens is 621 g/mol. The van der Waals surface area contributed by atoms with Crippen molar-refractivity contribution in [3.05, 3.63) is 194 Å². The van der Waals surface area contributed by atoms with E-state index in [0.717, 1.165) is 39.5 Å². The van der Waals surface area contributed by atoms with Crippen LogP contribution in [0, 0.1) is 0 Å². The first-order chi connectivity index (χ1) is 25.3. The number of hydrogen-bond acceptors (Lipinski definition) is 2. The highest BCUT2D eigenvalue weighted by atomic mass is 15.1. The third kappa shape index (κ3) is 4.72. The van der Waals surface area contributed by atoms with E-state index in [9.17, 15) is 0 Å².